The van der Waals surface area contributed by atoms with E-state index in [1.807, 2.05) is 37.3 Å². The van der Waals surface area contributed by atoms with Crippen LogP contribution in [0.1, 0.15) is 11.3 Å². The molecule has 1 heterocycles. The first-order valence-corrected chi connectivity index (χ1v) is 4.08. The molecule has 0 spiro atoms. The predicted octanol–water partition coefficient (Wildman–Crippen LogP) is 2.41. The molecular formula is C11H8N2. The smallest absolute Gasteiger partial charge is 0.101 e. The second-order valence-corrected chi connectivity index (χ2v) is 2.93. The van der Waals surface area contributed by atoms with Crippen molar-refractivity contribution in [3.8, 4) is 6.07 Å². The van der Waals surface area contributed by atoms with Crippen LogP contribution < -0.4 is 0 Å². The van der Waals surface area contributed by atoms with Crippen molar-refractivity contribution in [2.75, 3.05) is 0 Å². The highest BCUT2D eigenvalue weighted by Gasteiger charge is 2.00. The predicted molar refractivity (Wildman–Crippen MR) is 51.2 cm³/mol. The fourth-order valence-electron chi connectivity index (χ4n) is 1.33. The molecule has 1 aromatic carbocycles. The van der Waals surface area contributed by atoms with Gasteiger partial charge in [0.2, 0.25) is 0 Å². The lowest BCUT2D eigenvalue weighted by atomic mass is 10.1. The minimum absolute atomic E-state index is 0.652. The monoisotopic (exact) mass is 168 g/mol. The molecule has 0 atom stereocenters. The Kier molecular flexibility index (Phi) is 1.71. The second-order valence-electron chi connectivity index (χ2n) is 2.93. The third-order valence-electron chi connectivity index (χ3n) is 2.03. The Labute approximate surface area is 76.5 Å². The topological polar surface area (TPSA) is 36.7 Å². The number of fused-ring (bicyclic) bond motifs is 1. The highest BCUT2D eigenvalue weighted by molar-refractivity contribution is 5.80. The fourth-order valence-corrected chi connectivity index (χ4v) is 1.33. The van der Waals surface area contributed by atoms with Crippen molar-refractivity contribution in [2.45, 2.75) is 6.92 Å². The molecule has 0 aliphatic carbocycles. The first kappa shape index (κ1) is 7.75. The van der Waals surface area contributed by atoms with Crippen LogP contribution in [0.2, 0.25) is 0 Å². The van der Waals surface area contributed by atoms with Crippen molar-refractivity contribution in [1.29, 1.82) is 5.26 Å². The van der Waals surface area contributed by atoms with Gasteiger partial charge in [-0.2, -0.15) is 5.26 Å². The van der Waals surface area contributed by atoms with Gasteiger partial charge < -0.3 is 0 Å². The van der Waals surface area contributed by atoms with Crippen LogP contribution in [0.15, 0.2) is 30.3 Å². The van der Waals surface area contributed by atoms with E-state index in [1.54, 1.807) is 0 Å². The number of rotatable bonds is 0. The number of aromatic nitrogens is 1. The van der Waals surface area contributed by atoms with Gasteiger partial charge in [-0.3, -0.25) is 4.98 Å². The van der Waals surface area contributed by atoms with Gasteiger partial charge in [0.1, 0.15) is 6.07 Å². The van der Waals surface area contributed by atoms with Crippen molar-refractivity contribution in [2.24, 2.45) is 0 Å². The molecule has 0 bridgehead atoms. The van der Waals surface area contributed by atoms with Gasteiger partial charge in [0.25, 0.3) is 0 Å². The molecule has 2 heteroatoms. The number of aryl methyl sites for hydroxylation is 1. The molecule has 0 radical (unpaired) electrons. The molecule has 0 fully saturated rings. The average molecular weight is 168 g/mol. The van der Waals surface area contributed by atoms with E-state index in [-0.39, 0.29) is 0 Å². The van der Waals surface area contributed by atoms with Crippen molar-refractivity contribution in [3.63, 3.8) is 0 Å². The zero-order chi connectivity index (χ0) is 9.26. The number of benzene rings is 1. The third kappa shape index (κ3) is 1.25. The molecule has 0 unspecified atom stereocenters. The molecule has 2 aromatic rings. The van der Waals surface area contributed by atoms with Crippen molar-refractivity contribution in [1.82, 2.24) is 4.98 Å². The lowest BCUT2D eigenvalue weighted by Gasteiger charge is -1.99. The summed E-state index contributed by atoms with van der Waals surface area (Å²) in [5.41, 5.74) is 2.39. The van der Waals surface area contributed by atoms with Gasteiger partial charge in [-0.05, 0) is 19.1 Å². The average Bonchev–Trinajstić information content (AvgIpc) is 2.17. The molecule has 2 rings (SSSR count). The van der Waals surface area contributed by atoms with Crippen LogP contribution in [0.4, 0.5) is 0 Å². The summed E-state index contributed by atoms with van der Waals surface area (Å²) in [4.78, 5) is 4.32. The molecular weight excluding hydrogens is 160 g/mol. The first-order valence-electron chi connectivity index (χ1n) is 4.08. The maximum Gasteiger partial charge on any atom is 0.101 e. The largest absolute Gasteiger partial charge is 0.252 e. The van der Waals surface area contributed by atoms with Crippen LogP contribution in [0.25, 0.3) is 10.9 Å². The van der Waals surface area contributed by atoms with Gasteiger partial charge in [0, 0.05) is 5.39 Å². The van der Waals surface area contributed by atoms with E-state index in [2.05, 4.69) is 11.1 Å². The maximum absolute atomic E-state index is 8.79. The summed E-state index contributed by atoms with van der Waals surface area (Å²) in [5.74, 6) is 0. The van der Waals surface area contributed by atoms with Crippen LogP contribution in [-0.2, 0) is 0 Å². The summed E-state index contributed by atoms with van der Waals surface area (Å²) in [7, 11) is 0. The Balaban J connectivity index is 2.83. The van der Waals surface area contributed by atoms with Crippen LogP contribution in [0.5, 0.6) is 0 Å². The standard InChI is InChI=1S/C11H8N2/c1-8-10(7-12)6-9-4-2-3-5-11(9)13-8/h2-6H,1H3. The van der Waals surface area contributed by atoms with E-state index < -0.39 is 0 Å². The lowest BCUT2D eigenvalue weighted by molar-refractivity contribution is 1.23. The summed E-state index contributed by atoms with van der Waals surface area (Å²) in [6, 6.07) is 11.8. The maximum atomic E-state index is 8.79. The first-order chi connectivity index (χ1) is 6.31. The Morgan fingerprint density at radius 2 is 2.08 bits per heavy atom. The molecule has 2 nitrogen and oxygen atoms in total. The second kappa shape index (κ2) is 2.87. The SMILES string of the molecule is Cc1nc2ccccc2cc1C#N. The van der Waals surface area contributed by atoms with E-state index in [9.17, 15) is 0 Å². The van der Waals surface area contributed by atoms with Gasteiger partial charge in [0.05, 0.1) is 16.8 Å². The highest BCUT2D eigenvalue weighted by Crippen LogP contribution is 2.14. The quantitative estimate of drug-likeness (QED) is 0.605. The van der Waals surface area contributed by atoms with E-state index in [4.69, 9.17) is 5.26 Å². The van der Waals surface area contributed by atoms with Crippen LogP contribution in [-0.4, -0.2) is 4.98 Å². The summed E-state index contributed by atoms with van der Waals surface area (Å²) in [6.45, 7) is 1.85. The summed E-state index contributed by atoms with van der Waals surface area (Å²) >= 11 is 0. The molecule has 0 amide bonds. The highest BCUT2D eigenvalue weighted by atomic mass is 14.7. The summed E-state index contributed by atoms with van der Waals surface area (Å²) in [5, 5.41) is 9.81. The van der Waals surface area contributed by atoms with Gasteiger partial charge >= 0.3 is 0 Å². The van der Waals surface area contributed by atoms with E-state index in [1.165, 1.54) is 0 Å². The third-order valence-corrected chi connectivity index (χ3v) is 2.03. The van der Waals surface area contributed by atoms with Gasteiger partial charge in [-0.1, -0.05) is 18.2 Å². The molecule has 0 aliphatic rings. The molecule has 0 N–H and O–H groups in total. The van der Waals surface area contributed by atoms with E-state index in [0.29, 0.717) is 5.56 Å². The van der Waals surface area contributed by atoms with Crippen molar-refractivity contribution >= 4 is 10.9 Å². The van der Waals surface area contributed by atoms with E-state index >= 15 is 0 Å². The Morgan fingerprint density at radius 1 is 1.31 bits per heavy atom. The summed E-state index contributed by atoms with van der Waals surface area (Å²) in [6.07, 6.45) is 0. The van der Waals surface area contributed by atoms with Crippen LogP contribution in [0, 0.1) is 18.3 Å². The minimum atomic E-state index is 0.652. The Bertz CT molecular complexity index is 495. The zero-order valence-electron chi connectivity index (χ0n) is 7.28. The Hall–Kier alpha value is -1.88. The van der Waals surface area contributed by atoms with Gasteiger partial charge in [-0.25, -0.2) is 0 Å². The molecule has 0 saturated carbocycles. The van der Waals surface area contributed by atoms with Crippen molar-refractivity contribution in [3.05, 3.63) is 41.6 Å². The molecule has 0 aliphatic heterocycles. The fraction of sp³-hybridized carbons (Fsp3) is 0.0909. The lowest BCUT2D eigenvalue weighted by Crippen LogP contribution is -1.88. The minimum Gasteiger partial charge on any atom is -0.252 e. The normalized spacial score (nSPS) is 9.85. The number of hydrogen-bond donors (Lipinski definition) is 0. The van der Waals surface area contributed by atoms with Gasteiger partial charge in [-0.15, -0.1) is 0 Å². The number of pyridine rings is 1. The molecule has 1 aromatic heterocycles. The molecule has 13 heavy (non-hydrogen) atoms. The summed E-state index contributed by atoms with van der Waals surface area (Å²) < 4.78 is 0. The Morgan fingerprint density at radius 3 is 2.85 bits per heavy atom. The molecule has 62 valence electrons. The van der Waals surface area contributed by atoms with E-state index in [0.717, 1.165) is 16.6 Å². The number of para-hydroxylation sites is 1. The zero-order valence-corrected chi connectivity index (χ0v) is 7.28. The number of nitriles is 1. The van der Waals surface area contributed by atoms with Crippen molar-refractivity contribution < 1.29 is 0 Å². The van der Waals surface area contributed by atoms with Crippen LogP contribution in [0.3, 0.4) is 0 Å². The number of nitrogens with zero attached hydrogens (tertiary/aromatic N) is 2. The van der Waals surface area contributed by atoms with Gasteiger partial charge in [0.15, 0.2) is 0 Å². The molecule has 0 saturated heterocycles. The number of hydrogen-bond acceptors (Lipinski definition) is 2. The van der Waals surface area contributed by atoms with Crippen LogP contribution >= 0.6 is 0 Å².